The molecule has 0 saturated carbocycles. The van der Waals surface area contributed by atoms with E-state index in [-0.39, 0.29) is 5.91 Å². The molecule has 1 aliphatic rings. The molecule has 0 bridgehead atoms. The SMILES string of the molecule is COc1ccc2cc3c(N)c(C(=O)Nc4ccccc4N4CCOCC4)sc3nc2c1. The first-order valence-corrected chi connectivity index (χ1v) is 10.9. The molecule has 0 unspecified atom stereocenters. The van der Waals surface area contributed by atoms with E-state index in [0.29, 0.717) is 23.8 Å². The fraction of sp³-hybridized carbons (Fsp3) is 0.217. The number of benzene rings is 2. The van der Waals surface area contributed by atoms with E-state index < -0.39 is 0 Å². The van der Waals surface area contributed by atoms with Crippen LogP contribution in [0.25, 0.3) is 21.1 Å². The van der Waals surface area contributed by atoms with E-state index in [1.807, 2.05) is 48.5 Å². The van der Waals surface area contributed by atoms with Gasteiger partial charge in [-0.2, -0.15) is 0 Å². The van der Waals surface area contributed by atoms with Crippen molar-refractivity contribution in [3.05, 3.63) is 53.4 Å². The van der Waals surface area contributed by atoms with Gasteiger partial charge < -0.3 is 25.4 Å². The maximum Gasteiger partial charge on any atom is 0.268 e. The van der Waals surface area contributed by atoms with E-state index in [2.05, 4.69) is 10.2 Å². The molecule has 1 amide bonds. The molecule has 3 N–H and O–H groups in total. The number of amides is 1. The second-order valence-corrected chi connectivity index (χ2v) is 8.31. The number of fused-ring (bicyclic) bond motifs is 2. The van der Waals surface area contributed by atoms with Crippen molar-refractivity contribution >= 4 is 55.4 Å². The lowest BCUT2D eigenvalue weighted by atomic mass is 10.1. The molecule has 1 fully saturated rings. The number of nitrogens with one attached hydrogen (secondary N) is 1. The number of methoxy groups -OCH3 is 1. The predicted molar refractivity (Wildman–Crippen MR) is 126 cm³/mol. The van der Waals surface area contributed by atoms with Gasteiger partial charge in [0.1, 0.15) is 15.5 Å². The van der Waals surface area contributed by atoms with Gasteiger partial charge in [0.25, 0.3) is 5.91 Å². The number of aromatic nitrogens is 1. The molecule has 158 valence electrons. The summed E-state index contributed by atoms with van der Waals surface area (Å²) in [6, 6.07) is 15.5. The fourth-order valence-electron chi connectivity index (χ4n) is 3.81. The minimum atomic E-state index is -0.233. The van der Waals surface area contributed by atoms with Crippen LogP contribution in [0.1, 0.15) is 9.67 Å². The summed E-state index contributed by atoms with van der Waals surface area (Å²) in [4.78, 5) is 21.3. The van der Waals surface area contributed by atoms with Crippen LogP contribution in [0, 0.1) is 0 Å². The van der Waals surface area contributed by atoms with Gasteiger partial charge in [0.2, 0.25) is 0 Å². The Balaban J connectivity index is 1.49. The van der Waals surface area contributed by atoms with Gasteiger partial charge >= 0.3 is 0 Å². The van der Waals surface area contributed by atoms with E-state index in [0.717, 1.165) is 51.3 Å². The fourth-order valence-corrected chi connectivity index (χ4v) is 4.79. The van der Waals surface area contributed by atoms with Crippen LogP contribution in [0.3, 0.4) is 0 Å². The second-order valence-electron chi connectivity index (χ2n) is 7.32. The number of hydrogen-bond donors (Lipinski definition) is 2. The third-order valence-electron chi connectivity index (χ3n) is 5.43. The lowest BCUT2D eigenvalue weighted by Gasteiger charge is -2.30. The largest absolute Gasteiger partial charge is 0.497 e. The third-order valence-corrected chi connectivity index (χ3v) is 6.55. The van der Waals surface area contributed by atoms with Gasteiger partial charge in [-0.05, 0) is 30.3 Å². The minimum Gasteiger partial charge on any atom is -0.497 e. The summed E-state index contributed by atoms with van der Waals surface area (Å²) in [5.41, 5.74) is 9.37. The van der Waals surface area contributed by atoms with Crippen LogP contribution in [0.4, 0.5) is 17.1 Å². The number of carbonyl (C=O) groups excluding carboxylic acids is 1. The van der Waals surface area contributed by atoms with Crippen molar-refractivity contribution in [2.24, 2.45) is 0 Å². The zero-order valence-electron chi connectivity index (χ0n) is 17.1. The number of nitrogens with two attached hydrogens (primary N) is 1. The van der Waals surface area contributed by atoms with E-state index in [4.69, 9.17) is 20.2 Å². The summed E-state index contributed by atoms with van der Waals surface area (Å²) < 4.78 is 10.7. The Hall–Kier alpha value is -3.36. The lowest BCUT2D eigenvalue weighted by Crippen LogP contribution is -2.36. The van der Waals surface area contributed by atoms with Crippen molar-refractivity contribution in [3.8, 4) is 5.75 Å². The highest BCUT2D eigenvalue weighted by molar-refractivity contribution is 7.21. The highest BCUT2D eigenvalue weighted by Gasteiger charge is 2.21. The van der Waals surface area contributed by atoms with Gasteiger partial charge in [0, 0.05) is 29.9 Å². The van der Waals surface area contributed by atoms with Crippen molar-refractivity contribution in [1.82, 2.24) is 4.98 Å². The second kappa shape index (κ2) is 8.05. The Morgan fingerprint density at radius 3 is 2.81 bits per heavy atom. The van der Waals surface area contributed by atoms with Crippen LogP contribution < -0.4 is 20.7 Å². The maximum atomic E-state index is 13.2. The molecule has 4 aromatic rings. The highest BCUT2D eigenvalue weighted by Crippen LogP contribution is 2.36. The summed E-state index contributed by atoms with van der Waals surface area (Å²) in [6.45, 7) is 2.93. The number of carbonyl (C=O) groups is 1. The average molecular weight is 435 g/mol. The van der Waals surface area contributed by atoms with Gasteiger partial charge in [-0.15, -0.1) is 11.3 Å². The van der Waals surface area contributed by atoms with Crippen molar-refractivity contribution in [2.75, 3.05) is 49.4 Å². The van der Waals surface area contributed by atoms with E-state index in [1.54, 1.807) is 7.11 Å². The molecule has 0 atom stereocenters. The summed E-state index contributed by atoms with van der Waals surface area (Å²) >= 11 is 1.30. The number of hydrogen-bond acceptors (Lipinski definition) is 7. The molecule has 3 heterocycles. The highest BCUT2D eigenvalue weighted by atomic mass is 32.1. The van der Waals surface area contributed by atoms with Crippen molar-refractivity contribution in [3.63, 3.8) is 0 Å². The average Bonchev–Trinajstić information content (AvgIpc) is 3.13. The van der Waals surface area contributed by atoms with Crippen LogP contribution in [-0.2, 0) is 4.74 Å². The molecule has 1 aliphatic heterocycles. The molecule has 0 aliphatic carbocycles. The van der Waals surface area contributed by atoms with Gasteiger partial charge in [-0.1, -0.05) is 12.1 Å². The van der Waals surface area contributed by atoms with Gasteiger partial charge in [-0.25, -0.2) is 4.98 Å². The number of anilines is 3. The Kier molecular flexibility index (Phi) is 5.09. The first kappa shape index (κ1) is 19.6. The monoisotopic (exact) mass is 434 g/mol. The number of morpholine rings is 1. The molecule has 7 nitrogen and oxygen atoms in total. The number of nitrogens with zero attached hydrogens (tertiary/aromatic N) is 2. The van der Waals surface area contributed by atoms with Crippen LogP contribution in [0.2, 0.25) is 0 Å². The first-order chi connectivity index (χ1) is 15.1. The van der Waals surface area contributed by atoms with Crippen LogP contribution in [0.15, 0.2) is 48.5 Å². The van der Waals surface area contributed by atoms with Crippen LogP contribution in [-0.4, -0.2) is 44.3 Å². The summed E-state index contributed by atoms with van der Waals surface area (Å²) in [7, 11) is 1.63. The number of rotatable bonds is 4. The Labute approximate surface area is 183 Å². The van der Waals surface area contributed by atoms with E-state index in [1.165, 1.54) is 11.3 Å². The summed E-state index contributed by atoms with van der Waals surface area (Å²) in [6.07, 6.45) is 0. The van der Waals surface area contributed by atoms with Crippen molar-refractivity contribution < 1.29 is 14.3 Å². The molecule has 2 aromatic carbocycles. The number of ether oxygens (including phenoxy) is 2. The first-order valence-electron chi connectivity index (χ1n) is 10.0. The Bertz CT molecular complexity index is 1280. The zero-order valence-corrected chi connectivity index (χ0v) is 17.9. The minimum absolute atomic E-state index is 0.233. The van der Waals surface area contributed by atoms with Crippen LogP contribution in [0.5, 0.6) is 5.75 Å². The Morgan fingerprint density at radius 2 is 2.00 bits per heavy atom. The van der Waals surface area contributed by atoms with Gasteiger partial charge in [-0.3, -0.25) is 4.79 Å². The third kappa shape index (κ3) is 3.64. The molecule has 5 rings (SSSR count). The van der Waals surface area contributed by atoms with E-state index in [9.17, 15) is 4.79 Å². The van der Waals surface area contributed by atoms with Crippen molar-refractivity contribution in [2.45, 2.75) is 0 Å². The molecule has 0 spiro atoms. The van der Waals surface area contributed by atoms with Crippen LogP contribution >= 0.6 is 11.3 Å². The standard InChI is InChI=1S/C23H22N4O3S/c1-29-15-7-6-14-12-16-20(24)21(31-23(16)26-18(14)13-15)22(28)25-17-4-2-3-5-19(17)27-8-10-30-11-9-27/h2-7,12-13H,8-11,24H2,1H3,(H,25,28). The topological polar surface area (TPSA) is 89.7 Å². The lowest BCUT2D eigenvalue weighted by molar-refractivity contribution is 0.103. The van der Waals surface area contributed by atoms with Gasteiger partial charge in [0.15, 0.2) is 0 Å². The molecule has 31 heavy (non-hydrogen) atoms. The Morgan fingerprint density at radius 1 is 1.19 bits per heavy atom. The number of nitrogen functional groups attached to an aromatic ring is 1. The molecule has 1 saturated heterocycles. The number of para-hydroxylation sites is 2. The van der Waals surface area contributed by atoms with Crippen molar-refractivity contribution in [1.29, 1.82) is 0 Å². The normalized spacial score (nSPS) is 14.2. The molecule has 2 aromatic heterocycles. The molecule has 8 heteroatoms. The summed E-state index contributed by atoms with van der Waals surface area (Å²) in [5, 5.41) is 4.78. The quantitative estimate of drug-likeness (QED) is 0.502. The molecular weight excluding hydrogens is 412 g/mol. The smallest absolute Gasteiger partial charge is 0.268 e. The summed E-state index contributed by atoms with van der Waals surface area (Å²) in [5.74, 6) is 0.504. The molecular formula is C23H22N4O3S. The zero-order chi connectivity index (χ0) is 21.4. The predicted octanol–water partition coefficient (Wildman–Crippen LogP) is 4.13. The number of pyridine rings is 1. The number of thiophene rings is 1. The van der Waals surface area contributed by atoms with E-state index >= 15 is 0 Å². The van der Waals surface area contributed by atoms with Gasteiger partial charge in [0.05, 0.1) is 42.9 Å². The maximum absolute atomic E-state index is 13.2. The molecule has 0 radical (unpaired) electrons.